The molecule has 4 aliphatic rings. The topological polar surface area (TPSA) is 26.7 Å². The monoisotopic (exact) mass is 486 g/mol. The first-order valence-electron chi connectivity index (χ1n) is 14.6. The summed E-state index contributed by atoms with van der Waals surface area (Å²) in [6.07, 6.45) is 5.58. The highest BCUT2D eigenvalue weighted by Gasteiger charge is 2.47. The van der Waals surface area contributed by atoms with Gasteiger partial charge in [-0.15, -0.1) is 0 Å². The standard InChI is InChI=1S/C33H46N2O/c1-9-35-30-20(3)28-26(17-24(30)19(2)18-32(35,5)6)27(21(4)36)25-16-22-12-10-14-34-15-11-13-23(31(22)34)29(25)33(28,7)8/h16-17,19,21,27,36H,9-15,18H2,1-8H3. The number of hydrogen-bond acceptors (Lipinski definition) is 3. The number of nitrogens with zero attached hydrogens (tertiary/aromatic N) is 2. The summed E-state index contributed by atoms with van der Waals surface area (Å²) in [4.78, 5) is 5.34. The molecule has 36 heavy (non-hydrogen) atoms. The average Bonchev–Trinajstić information content (AvgIpc) is 2.79. The van der Waals surface area contributed by atoms with Crippen molar-refractivity contribution in [3.05, 3.63) is 56.6 Å². The molecular weight excluding hydrogens is 440 g/mol. The summed E-state index contributed by atoms with van der Waals surface area (Å²) in [5.74, 6) is 0.558. The Labute approximate surface area is 218 Å². The average molecular weight is 487 g/mol. The summed E-state index contributed by atoms with van der Waals surface area (Å²) in [6.45, 7) is 22.3. The highest BCUT2D eigenvalue weighted by molar-refractivity contribution is 5.76. The van der Waals surface area contributed by atoms with Gasteiger partial charge < -0.3 is 14.9 Å². The van der Waals surface area contributed by atoms with Crippen LogP contribution in [-0.2, 0) is 18.3 Å². The second-order valence-electron chi connectivity index (χ2n) is 13.4. The fourth-order valence-electron chi connectivity index (χ4n) is 9.21. The fourth-order valence-corrected chi connectivity index (χ4v) is 9.21. The molecule has 2 aromatic carbocycles. The van der Waals surface area contributed by atoms with Crippen LogP contribution in [0.4, 0.5) is 11.4 Å². The minimum atomic E-state index is -0.415. The Bertz CT molecular complexity index is 1240. The first-order valence-corrected chi connectivity index (χ1v) is 14.6. The van der Waals surface area contributed by atoms with Gasteiger partial charge in [-0.2, -0.15) is 0 Å². The Hall–Kier alpha value is -2.00. The van der Waals surface area contributed by atoms with Gasteiger partial charge in [0, 0.05) is 47.9 Å². The third kappa shape index (κ3) is 3.14. The lowest BCUT2D eigenvalue weighted by molar-refractivity contribution is 0.173. The number of benzene rings is 2. The molecule has 1 N–H and O–H groups in total. The maximum absolute atomic E-state index is 11.4. The van der Waals surface area contributed by atoms with E-state index >= 15 is 0 Å². The van der Waals surface area contributed by atoms with Crippen LogP contribution in [0.5, 0.6) is 0 Å². The Morgan fingerprint density at radius 2 is 1.64 bits per heavy atom. The molecule has 0 amide bonds. The van der Waals surface area contributed by atoms with Crippen molar-refractivity contribution in [2.75, 3.05) is 29.4 Å². The molecule has 3 aliphatic heterocycles. The molecule has 6 rings (SSSR count). The van der Waals surface area contributed by atoms with E-state index in [0.29, 0.717) is 5.92 Å². The SMILES string of the molecule is CCN1c2c(cc3c(c2C)C(C)(C)c2c(cc4c5c2CCCN5CCC4)C3C(C)O)C(C)CC1(C)C. The summed E-state index contributed by atoms with van der Waals surface area (Å²) in [5, 5.41) is 11.4. The highest BCUT2D eigenvalue weighted by atomic mass is 16.3. The molecule has 194 valence electrons. The van der Waals surface area contributed by atoms with Crippen LogP contribution in [-0.4, -0.2) is 36.4 Å². The van der Waals surface area contributed by atoms with Crippen molar-refractivity contribution in [1.29, 1.82) is 0 Å². The van der Waals surface area contributed by atoms with Crippen molar-refractivity contribution in [2.24, 2.45) is 0 Å². The Balaban J connectivity index is 1.69. The van der Waals surface area contributed by atoms with Crippen LogP contribution in [0.2, 0.25) is 0 Å². The van der Waals surface area contributed by atoms with Crippen LogP contribution in [0.15, 0.2) is 12.1 Å². The summed E-state index contributed by atoms with van der Waals surface area (Å²) < 4.78 is 0. The van der Waals surface area contributed by atoms with Crippen LogP contribution >= 0.6 is 0 Å². The molecule has 0 spiro atoms. The Morgan fingerprint density at radius 1 is 0.972 bits per heavy atom. The van der Waals surface area contributed by atoms with Crippen LogP contribution in [0.3, 0.4) is 0 Å². The van der Waals surface area contributed by atoms with Crippen molar-refractivity contribution in [2.45, 2.75) is 116 Å². The van der Waals surface area contributed by atoms with Crippen molar-refractivity contribution in [3.8, 4) is 0 Å². The van der Waals surface area contributed by atoms with Gasteiger partial charge in [0.1, 0.15) is 0 Å². The van der Waals surface area contributed by atoms with Gasteiger partial charge in [0.15, 0.2) is 0 Å². The molecule has 3 heterocycles. The molecule has 2 aromatic rings. The third-order valence-corrected chi connectivity index (χ3v) is 10.2. The van der Waals surface area contributed by atoms with Gasteiger partial charge in [-0.3, -0.25) is 0 Å². The van der Waals surface area contributed by atoms with E-state index in [-0.39, 0.29) is 16.9 Å². The van der Waals surface area contributed by atoms with Gasteiger partial charge in [-0.05, 0) is 117 Å². The number of rotatable bonds is 2. The predicted molar refractivity (Wildman–Crippen MR) is 152 cm³/mol. The maximum Gasteiger partial charge on any atom is 0.0621 e. The Kier molecular flexibility index (Phi) is 5.41. The number of aliphatic hydroxyl groups is 1. The highest BCUT2D eigenvalue weighted by Crippen LogP contribution is 2.57. The molecule has 0 fully saturated rings. The van der Waals surface area contributed by atoms with Crippen LogP contribution in [0.25, 0.3) is 0 Å². The van der Waals surface area contributed by atoms with Crippen molar-refractivity contribution < 1.29 is 5.11 Å². The lowest BCUT2D eigenvalue weighted by Gasteiger charge is -2.51. The Morgan fingerprint density at radius 3 is 2.31 bits per heavy atom. The van der Waals surface area contributed by atoms with Crippen molar-refractivity contribution >= 4 is 11.4 Å². The fraction of sp³-hybridized carbons (Fsp3) is 0.636. The number of aryl methyl sites for hydroxylation is 1. The smallest absolute Gasteiger partial charge is 0.0621 e. The van der Waals surface area contributed by atoms with E-state index in [1.54, 1.807) is 11.3 Å². The van der Waals surface area contributed by atoms with Crippen molar-refractivity contribution in [1.82, 2.24) is 0 Å². The molecule has 0 saturated heterocycles. The quantitative estimate of drug-likeness (QED) is 0.497. The lowest BCUT2D eigenvalue weighted by Crippen LogP contribution is -2.49. The molecule has 0 aromatic heterocycles. The normalized spacial score (nSPS) is 26.0. The van der Waals surface area contributed by atoms with Crippen molar-refractivity contribution in [3.63, 3.8) is 0 Å². The molecule has 3 atom stereocenters. The third-order valence-electron chi connectivity index (χ3n) is 10.2. The number of fused-ring (bicyclic) bond motifs is 4. The predicted octanol–water partition coefficient (Wildman–Crippen LogP) is 6.96. The van der Waals surface area contributed by atoms with Crippen LogP contribution in [0, 0.1) is 6.92 Å². The molecular formula is C33H46N2O. The second kappa shape index (κ2) is 8.00. The summed E-state index contributed by atoms with van der Waals surface area (Å²) in [5.41, 5.74) is 14.9. The minimum Gasteiger partial charge on any atom is -0.392 e. The number of hydrogen-bond donors (Lipinski definition) is 1. The zero-order chi connectivity index (χ0) is 25.7. The van der Waals surface area contributed by atoms with E-state index in [4.69, 9.17) is 0 Å². The molecule has 0 bridgehead atoms. The largest absolute Gasteiger partial charge is 0.392 e. The zero-order valence-corrected chi connectivity index (χ0v) is 23.9. The number of aliphatic hydroxyl groups excluding tert-OH is 1. The van der Waals surface area contributed by atoms with Crippen LogP contribution < -0.4 is 9.80 Å². The summed E-state index contributed by atoms with van der Waals surface area (Å²) in [7, 11) is 0. The van der Waals surface area contributed by atoms with E-state index in [1.165, 1.54) is 89.8 Å². The summed E-state index contributed by atoms with van der Waals surface area (Å²) in [6, 6.07) is 5.05. The number of anilines is 2. The van der Waals surface area contributed by atoms with Gasteiger partial charge in [-0.25, -0.2) is 0 Å². The molecule has 3 heteroatoms. The molecule has 1 aliphatic carbocycles. The van der Waals surface area contributed by atoms with E-state index in [1.807, 2.05) is 6.92 Å². The maximum atomic E-state index is 11.4. The van der Waals surface area contributed by atoms with Gasteiger partial charge >= 0.3 is 0 Å². The first-order chi connectivity index (χ1) is 17.0. The van der Waals surface area contributed by atoms with E-state index < -0.39 is 6.10 Å². The molecule has 3 nitrogen and oxygen atoms in total. The summed E-state index contributed by atoms with van der Waals surface area (Å²) >= 11 is 0. The van der Waals surface area contributed by atoms with Gasteiger partial charge in [0.25, 0.3) is 0 Å². The van der Waals surface area contributed by atoms with Gasteiger partial charge in [-0.1, -0.05) is 32.9 Å². The zero-order valence-electron chi connectivity index (χ0n) is 23.9. The van der Waals surface area contributed by atoms with E-state index in [0.717, 1.165) is 6.54 Å². The van der Waals surface area contributed by atoms with E-state index in [2.05, 4.69) is 70.4 Å². The lowest BCUT2D eigenvalue weighted by atomic mass is 9.59. The second-order valence-corrected chi connectivity index (χ2v) is 13.4. The van der Waals surface area contributed by atoms with E-state index in [9.17, 15) is 5.11 Å². The molecule has 3 unspecified atom stereocenters. The minimum absolute atomic E-state index is 0.0445. The van der Waals surface area contributed by atoms with Gasteiger partial charge in [0.2, 0.25) is 0 Å². The first kappa shape index (κ1) is 24.3. The van der Waals surface area contributed by atoms with Gasteiger partial charge in [0.05, 0.1) is 6.10 Å². The molecule has 0 radical (unpaired) electrons. The molecule has 0 saturated carbocycles. The van der Waals surface area contributed by atoms with Crippen LogP contribution in [0.1, 0.15) is 124 Å².